The normalized spacial score (nSPS) is 13.9. The zero-order valence-electron chi connectivity index (χ0n) is 13.4. The van der Waals surface area contributed by atoms with E-state index in [1.807, 2.05) is 37.8 Å². The van der Waals surface area contributed by atoms with Crippen molar-refractivity contribution in [1.29, 1.82) is 0 Å². The minimum absolute atomic E-state index is 0.0331. The highest BCUT2D eigenvalue weighted by Crippen LogP contribution is 2.20. The SMILES string of the molecule is CCC(C(=O)NC(C)c1cnn(CC)c1C)n1cc(Br)cn1. The van der Waals surface area contributed by atoms with Gasteiger partial charge in [0.05, 0.1) is 22.9 Å². The fourth-order valence-corrected chi connectivity index (χ4v) is 2.87. The van der Waals surface area contributed by atoms with E-state index in [0.717, 1.165) is 22.3 Å². The van der Waals surface area contributed by atoms with Crippen molar-refractivity contribution >= 4 is 21.8 Å². The van der Waals surface area contributed by atoms with Crippen LogP contribution in [0.2, 0.25) is 0 Å². The molecular formula is C15H22BrN5O. The summed E-state index contributed by atoms with van der Waals surface area (Å²) in [5.74, 6) is -0.0331. The van der Waals surface area contributed by atoms with Gasteiger partial charge in [-0.2, -0.15) is 10.2 Å². The number of hydrogen-bond acceptors (Lipinski definition) is 3. The third-order valence-corrected chi connectivity index (χ3v) is 4.25. The van der Waals surface area contributed by atoms with Crippen LogP contribution >= 0.6 is 15.9 Å². The highest BCUT2D eigenvalue weighted by molar-refractivity contribution is 9.10. The highest BCUT2D eigenvalue weighted by atomic mass is 79.9. The van der Waals surface area contributed by atoms with Crippen molar-refractivity contribution in [2.45, 2.75) is 52.7 Å². The Labute approximate surface area is 139 Å². The van der Waals surface area contributed by atoms with E-state index in [9.17, 15) is 4.79 Å². The van der Waals surface area contributed by atoms with Gasteiger partial charge in [-0.1, -0.05) is 6.92 Å². The van der Waals surface area contributed by atoms with E-state index in [1.165, 1.54) is 0 Å². The van der Waals surface area contributed by atoms with Crippen molar-refractivity contribution in [3.05, 3.63) is 34.3 Å². The molecule has 2 unspecified atom stereocenters. The van der Waals surface area contributed by atoms with Gasteiger partial charge in [0.25, 0.3) is 0 Å². The lowest BCUT2D eigenvalue weighted by Gasteiger charge is -2.19. The summed E-state index contributed by atoms with van der Waals surface area (Å²) in [6.45, 7) is 8.86. The van der Waals surface area contributed by atoms with E-state index < -0.39 is 0 Å². The highest BCUT2D eigenvalue weighted by Gasteiger charge is 2.22. The number of aryl methyl sites for hydroxylation is 1. The summed E-state index contributed by atoms with van der Waals surface area (Å²) in [6, 6.07) is -0.392. The first kappa shape index (κ1) is 16.7. The Hall–Kier alpha value is -1.63. The molecule has 0 radical (unpaired) electrons. The molecule has 0 saturated heterocycles. The van der Waals surface area contributed by atoms with Crippen LogP contribution in [0.3, 0.4) is 0 Å². The van der Waals surface area contributed by atoms with E-state index in [-0.39, 0.29) is 18.0 Å². The second-order valence-electron chi connectivity index (χ2n) is 5.29. The van der Waals surface area contributed by atoms with Gasteiger partial charge in [-0.05, 0) is 43.1 Å². The largest absolute Gasteiger partial charge is 0.348 e. The van der Waals surface area contributed by atoms with Crippen molar-refractivity contribution in [3.63, 3.8) is 0 Å². The third kappa shape index (κ3) is 3.40. The number of nitrogens with zero attached hydrogens (tertiary/aromatic N) is 4. The van der Waals surface area contributed by atoms with Crippen molar-refractivity contribution in [2.75, 3.05) is 0 Å². The van der Waals surface area contributed by atoms with Gasteiger partial charge in [0.2, 0.25) is 5.91 Å². The molecule has 0 aromatic carbocycles. The second-order valence-corrected chi connectivity index (χ2v) is 6.21. The maximum atomic E-state index is 12.5. The predicted molar refractivity (Wildman–Crippen MR) is 88.5 cm³/mol. The molecule has 0 bridgehead atoms. The van der Waals surface area contributed by atoms with Gasteiger partial charge in [-0.3, -0.25) is 14.2 Å². The molecule has 0 spiro atoms. The molecule has 0 fully saturated rings. The number of amides is 1. The van der Waals surface area contributed by atoms with E-state index in [0.29, 0.717) is 6.42 Å². The summed E-state index contributed by atoms with van der Waals surface area (Å²) in [7, 11) is 0. The molecule has 1 N–H and O–H groups in total. The topological polar surface area (TPSA) is 64.7 Å². The van der Waals surface area contributed by atoms with E-state index in [4.69, 9.17) is 0 Å². The molecule has 120 valence electrons. The molecule has 0 aliphatic heterocycles. The van der Waals surface area contributed by atoms with Gasteiger partial charge < -0.3 is 5.32 Å². The number of halogens is 1. The number of hydrogen-bond donors (Lipinski definition) is 1. The average molecular weight is 368 g/mol. The summed E-state index contributed by atoms with van der Waals surface area (Å²) in [5.41, 5.74) is 2.14. The van der Waals surface area contributed by atoms with Gasteiger partial charge in [-0.15, -0.1) is 0 Å². The summed E-state index contributed by atoms with van der Waals surface area (Å²) in [5, 5.41) is 11.6. The Morgan fingerprint density at radius 3 is 2.59 bits per heavy atom. The van der Waals surface area contributed by atoms with Crippen LogP contribution in [-0.2, 0) is 11.3 Å². The van der Waals surface area contributed by atoms with Gasteiger partial charge in [0, 0.05) is 24.0 Å². The molecule has 2 aromatic heterocycles. The first-order chi connectivity index (χ1) is 10.5. The fraction of sp³-hybridized carbons (Fsp3) is 0.533. The van der Waals surface area contributed by atoms with Crippen LogP contribution in [0, 0.1) is 6.92 Å². The Morgan fingerprint density at radius 2 is 2.09 bits per heavy atom. The molecule has 7 heteroatoms. The van der Waals surface area contributed by atoms with E-state index >= 15 is 0 Å². The lowest BCUT2D eigenvalue weighted by atomic mass is 10.1. The Kier molecular flexibility index (Phi) is 5.39. The van der Waals surface area contributed by atoms with Crippen molar-refractivity contribution in [3.8, 4) is 0 Å². The van der Waals surface area contributed by atoms with Crippen LogP contribution in [0.1, 0.15) is 50.5 Å². The standard InChI is InChI=1S/C15H22BrN5O/c1-5-14(21-9-12(16)7-17-21)15(22)19-10(3)13-8-18-20(6-2)11(13)4/h7-10,14H,5-6H2,1-4H3,(H,19,22). The van der Waals surface area contributed by atoms with E-state index in [1.54, 1.807) is 10.9 Å². The molecule has 2 atom stereocenters. The monoisotopic (exact) mass is 367 g/mol. The first-order valence-electron chi connectivity index (χ1n) is 7.50. The number of nitrogens with one attached hydrogen (secondary N) is 1. The minimum Gasteiger partial charge on any atom is -0.348 e. The quantitative estimate of drug-likeness (QED) is 0.853. The predicted octanol–water partition coefficient (Wildman–Crippen LogP) is 3.00. The molecule has 6 nitrogen and oxygen atoms in total. The number of aromatic nitrogens is 4. The Morgan fingerprint density at radius 1 is 1.36 bits per heavy atom. The van der Waals surface area contributed by atoms with Gasteiger partial charge in [-0.25, -0.2) is 0 Å². The maximum absolute atomic E-state index is 12.5. The number of carbonyl (C=O) groups excluding carboxylic acids is 1. The summed E-state index contributed by atoms with van der Waals surface area (Å²) >= 11 is 3.36. The minimum atomic E-state index is -0.310. The summed E-state index contributed by atoms with van der Waals surface area (Å²) in [6.07, 6.45) is 6.02. The number of carbonyl (C=O) groups is 1. The number of rotatable bonds is 6. The smallest absolute Gasteiger partial charge is 0.245 e. The van der Waals surface area contributed by atoms with Gasteiger partial charge >= 0.3 is 0 Å². The van der Waals surface area contributed by atoms with Crippen LogP contribution < -0.4 is 5.32 Å². The van der Waals surface area contributed by atoms with Gasteiger partial charge in [0.15, 0.2) is 0 Å². The van der Waals surface area contributed by atoms with Crippen LogP contribution in [-0.4, -0.2) is 25.5 Å². The van der Waals surface area contributed by atoms with Crippen molar-refractivity contribution in [2.24, 2.45) is 0 Å². The second kappa shape index (κ2) is 7.09. The molecule has 0 saturated carbocycles. The molecule has 2 aromatic rings. The van der Waals surface area contributed by atoms with Crippen LogP contribution in [0.4, 0.5) is 0 Å². The molecule has 0 aliphatic rings. The Bertz CT molecular complexity index is 648. The first-order valence-corrected chi connectivity index (χ1v) is 8.29. The molecule has 1 amide bonds. The molecule has 22 heavy (non-hydrogen) atoms. The van der Waals surface area contributed by atoms with Crippen LogP contribution in [0.25, 0.3) is 0 Å². The maximum Gasteiger partial charge on any atom is 0.245 e. The zero-order valence-corrected chi connectivity index (χ0v) is 15.0. The Balaban J connectivity index is 2.11. The zero-order chi connectivity index (χ0) is 16.3. The van der Waals surface area contributed by atoms with Crippen molar-refractivity contribution in [1.82, 2.24) is 24.9 Å². The van der Waals surface area contributed by atoms with Crippen LogP contribution in [0.5, 0.6) is 0 Å². The van der Waals surface area contributed by atoms with E-state index in [2.05, 4.69) is 38.4 Å². The molecule has 2 rings (SSSR count). The van der Waals surface area contributed by atoms with Gasteiger partial charge in [0.1, 0.15) is 6.04 Å². The fourth-order valence-electron chi connectivity index (χ4n) is 2.57. The average Bonchev–Trinajstić information content (AvgIpc) is 3.05. The third-order valence-electron chi connectivity index (χ3n) is 3.84. The summed E-state index contributed by atoms with van der Waals surface area (Å²) < 4.78 is 4.49. The molecule has 2 heterocycles. The molecular weight excluding hydrogens is 346 g/mol. The van der Waals surface area contributed by atoms with Crippen LogP contribution in [0.15, 0.2) is 23.1 Å². The molecule has 0 aliphatic carbocycles. The van der Waals surface area contributed by atoms with Crippen molar-refractivity contribution < 1.29 is 4.79 Å². The summed E-state index contributed by atoms with van der Waals surface area (Å²) in [4.78, 5) is 12.5. The lowest BCUT2D eigenvalue weighted by molar-refractivity contribution is -0.125. The lowest BCUT2D eigenvalue weighted by Crippen LogP contribution is -2.34.